The number of piperazine rings is 1. The maximum atomic E-state index is 11.2. The molecule has 0 radical (unpaired) electrons. The number of aliphatic carboxylic acids is 1. The molecule has 0 spiro atoms. The number of anilines is 1. The van der Waals surface area contributed by atoms with Crippen molar-refractivity contribution in [3.8, 4) is 0 Å². The first-order valence-corrected chi connectivity index (χ1v) is 6.16. The zero-order valence-corrected chi connectivity index (χ0v) is 10.8. The molecule has 0 unspecified atom stereocenters. The summed E-state index contributed by atoms with van der Waals surface area (Å²) < 4.78 is 0. The van der Waals surface area contributed by atoms with E-state index in [9.17, 15) is 9.90 Å². The Balaban J connectivity index is 1.99. The van der Waals surface area contributed by atoms with Crippen molar-refractivity contribution in [1.29, 1.82) is 0 Å². The van der Waals surface area contributed by atoms with Crippen molar-refractivity contribution < 1.29 is 9.90 Å². The van der Waals surface area contributed by atoms with E-state index in [4.69, 9.17) is 0 Å². The quantitative estimate of drug-likeness (QED) is 0.868. The molecular formula is C13H19N3O2. The summed E-state index contributed by atoms with van der Waals surface area (Å²) in [5.74, 6) is 0.194. The molecule has 2 rings (SSSR count). The first-order chi connectivity index (χ1) is 8.51. The number of nitrogens with zero attached hydrogens (tertiary/aromatic N) is 3. The van der Waals surface area contributed by atoms with Gasteiger partial charge in [-0.2, -0.15) is 0 Å². The third-order valence-corrected chi connectivity index (χ3v) is 3.57. The number of rotatable bonds is 3. The van der Waals surface area contributed by atoms with Crippen molar-refractivity contribution in [3.05, 3.63) is 24.4 Å². The highest BCUT2D eigenvalue weighted by atomic mass is 16.4. The van der Waals surface area contributed by atoms with Crippen LogP contribution in [-0.4, -0.2) is 52.7 Å². The summed E-state index contributed by atoms with van der Waals surface area (Å²) >= 11 is 0. The van der Waals surface area contributed by atoms with Crippen LogP contribution < -0.4 is 4.90 Å². The maximum Gasteiger partial charge on any atom is 0.323 e. The summed E-state index contributed by atoms with van der Waals surface area (Å²) in [7, 11) is 0. The van der Waals surface area contributed by atoms with E-state index in [1.54, 1.807) is 20.0 Å². The lowest BCUT2D eigenvalue weighted by Gasteiger charge is -2.41. The fraction of sp³-hybridized carbons (Fsp3) is 0.538. The number of aromatic nitrogens is 1. The predicted molar refractivity (Wildman–Crippen MR) is 69.7 cm³/mol. The third kappa shape index (κ3) is 2.46. The van der Waals surface area contributed by atoms with Crippen molar-refractivity contribution in [3.63, 3.8) is 0 Å². The Labute approximate surface area is 107 Å². The van der Waals surface area contributed by atoms with E-state index in [2.05, 4.69) is 9.88 Å². The van der Waals surface area contributed by atoms with Gasteiger partial charge in [-0.3, -0.25) is 9.69 Å². The van der Waals surface area contributed by atoms with Gasteiger partial charge in [0.05, 0.1) is 0 Å². The highest BCUT2D eigenvalue weighted by Gasteiger charge is 2.36. The molecule has 1 fully saturated rings. The number of carbonyl (C=O) groups is 1. The topological polar surface area (TPSA) is 56.7 Å². The Morgan fingerprint density at radius 3 is 2.44 bits per heavy atom. The summed E-state index contributed by atoms with van der Waals surface area (Å²) in [6.45, 7) is 6.63. The lowest BCUT2D eigenvalue weighted by atomic mass is 10.0. The molecule has 5 heteroatoms. The van der Waals surface area contributed by atoms with Crippen molar-refractivity contribution >= 4 is 11.8 Å². The van der Waals surface area contributed by atoms with Crippen LogP contribution in [0.5, 0.6) is 0 Å². The van der Waals surface area contributed by atoms with Crippen LogP contribution in [0.25, 0.3) is 0 Å². The van der Waals surface area contributed by atoms with Gasteiger partial charge in [-0.05, 0) is 26.0 Å². The highest BCUT2D eigenvalue weighted by molar-refractivity contribution is 5.77. The molecule has 1 aliphatic heterocycles. The molecule has 98 valence electrons. The Bertz CT molecular complexity index is 412. The number of hydrogen-bond donors (Lipinski definition) is 1. The minimum Gasteiger partial charge on any atom is -0.480 e. The molecule has 1 aliphatic rings. The van der Waals surface area contributed by atoms with Crippen LogP contribution in [0.4, 0.5) is 5.82 Å². The normalized spacial score (nSPS) is 17.8. The molecule has 5 nitrogen and oxygen atoms in total. The maximum absolute atomic E-state index is 11.2. The number of hydrogen-bond acceptors (Lipinski definition) is 4. The third-order valence-electron chi connectivity index (χ3n) is 3.57. The average Bonchev–Trinajstić information content (AvgIpc) is 2.40. The first-order valence-electron chi connectivity index (χ1n) is 6.16. The van der Waals surface area contributed by atoms with Gasteiger partial charge in [-0.15, -0.1) is 0 Å². The second-order valence-electron chi connectivity index (χ2n) is 5.03. The van der Waals surface area contributed by atoms with E-state index in [0.29, 0.717) is 0 Å². The Kier molecular flexibility index (Phi) is 3.52. The van der Waals surface area contributed by atoms with Gasteiger partial charge in [0.25, 0.3) is 0 Å². The molecule has 1 saturated heterocycles. The molecule has 0 bridgehead atoms. The van der Waals surface area contributed by atoms with Gasteiger partial charge in [0.15, 0.2) is 0 Å². The summed E-state index contributed by atoms with van der Waals surface area (Å²) in [6.07, 6.45) is 1.78. The minimum atomic E-state index is -0.795. The van der Waals surface area contributed by atoms with Gasteiger partial charge in [0.1, 0.15) is 11.4 Å². The van der Waals surface area contributed by atoms with Gasteiger partial charge in [0.2, 0.25) is 0 Å². The van der Waals surface area contributed by atoms with Crippen LogP contribution >= 0.6 is 0 Å². The summed E-state index contributed by atoms with van der Waals surface area (Å²) in [4.78, 5) is 19.7. The zero-order chi connectivity index (χ0) is 13.2. The number of carboxylic acids is 1. The zero-order valence-electron chi connectivity index (χ0n) is 10.8. The highest BCUT2D eigenvalue weighted by Crippen LogP contribution is 2.19. The fourth-order valence-corrected chi connectivity index (χ4v) is 2.17. The predicted octanol–water partition coefficient (Wildman–Crippen LogP) is 1.07. The lowest BCUT2D eigenvalue weighted by molar-refractivity contribution is -0.149. The van der Waals surface area contributed by atoms with E-state index in [-0.39, 0.29) is 0 Å². The van der Waals surface area contributed by atoms with Crippen molar-refractivity contribution in [2.45, 2.75) is 19.4 Å². The molecule has 0 atom stereocenters. The van der Waals surface area contributed by atoms with Crippen molar-refractivity contribution in [2.24, 2.45) is 0 Å². The number of carboxylic acid groups (broad SMARTS) is 1. The van der Waals surface area contributed by atoms with Crippen LogP contribution in [0, 0.1) is 0 Å². The van der Waals surface area contributed by atoms with E-state index in [0.717, 1.165) is 32.0 Å². The van der Waals surface area contributed by atoms with Gasteiger partial charge < -0.3 is 10.0 Å². The Hall–Kier alpha value is -1.62. The average molecular weight is 249 g/mol. The van der Waals surface area contributed by atoms with Gasteiger partial charge >= 0.3 is 5.97 Å². The van der Waals surface area contributed by atoms with E-state index < -0.39 is 11.5 Å². The van der Waals surface area contributed by atoms with E-state index >= 15 is 0 Å². The molecule has 0 amide bonds. The molecule has 0 aliphatic carbocycles. The fourth-order valence-electron chi connectivity index (χ4n) is 2.17. The molecule has 0 saturated carbocycles. The number of pyridine rings is 1. The Morgan fingerprint density at radius 2 is 1.94 bits per heavy atom. The molecule has 0 aromatic carbocycles. The van der Waals surface area contributed by atoms with Crippen LogP contribution in [0.15, 0.2) is 24.4 Å². The molecule has 1 aromatic rings. The molecule has 1 N–H and O–H groups in total. The molecule has 1 aromatic heterocycles. The molecule has 2 heterocycles. The van der Waals surface area contributed by atoms with Crippen LogP contribution in [-0.2, 0) is 4.79 Å². The van der Waals surface area contributed by atoms with E-state index in [1.807, 2.05) is 23.1 Å². The van der Waals surface area contributed by atoms with Crippen LogP contribution in [0.2, 0.25) is 0 Å². The Morgan fingerprint density at radius 1 is 1.28 bits per heavy atom. The summed E-state index contributed by atoms with van der Waals surface area (Å²) in [5, 5.41) is 9.21. The van der Waals surface area contributed by atoms with Crippen molar-refractivity contribution in [1.82, 2.24) is 9.88 Å². The smallest absolute Gasteiger partial charge is 0.323 e. The summed E-state index contributed by atoms with van der Waals surface area (Å²) in [5.41, 5.74) is -0.795. The monoisotopic (exact) mass is 249 g/mol. The largest absolute Gasteiger partial charge is 0.480 e. The summed E-state index contributed by atoms with van der Waals surface area (Å²) in [6, 6.07) is 5.85. The van der Waals surface area contributed by atoms with Gasteiger partial charge in [-0.1, -0.05) is 6.07 Å². The molecule has 18 heavy (non-hydrogen) atoms. The van der Waals surface area contributed by atoms with Crippen LogP contribution in [0.3, 0.4) is 0 Å². The van der Waals surface area contributed by atoms with Gasteiger partial charge in [-0.25, -0.2) is 4.98 Å². The van der Waals surface area contributed by atoms with Crippen LogP contribution in [0.1, 0.15) is 13.8 Å². The van der Waals surface area contributed by atoms with Gasteiger partial charge in [0, 0.05) is 32.4 Å². The SMILES string of the molecule is CC(C)(C(=O)O)N1CCN(c2ccccn2)CC1. The standard InChI is InChI=1S/C13H19N3O2/c1-13(2,12(17)18)16-9-7-15(8-10-16)11-5-3-4-6-14-11/h3-6H,7-10H2,1-2H3,(H,17,18). The first kappa shape index (κ1) is 12.8. The second kappa shape index (κ2) is 4.94. The second-order valence-corrected chi connectivity index (χ2v) is 5.03. The van der Waals surface area contributed by atoms with Crippen molar-refractivity contribution in [2.75, 3.05) is 31.1 Å². The molecular weight excluding hydrogens is 230 g/mol. The lowest BCUT2D eigenvalue weighted by Crippen LogP contribution is -2.58. The van der Waals surface area contributed by atoms with E-state index in [1.165, 1.54) is 0 Å². The minimum absolute atomic E-state index is 0.746.